The number of anilines is 1. The van der Waals surface area contributed by atoms with Gasteiger partial charge in [0.1, 0.15) is 6.54 Å². The first-order valence-electron chi connectivity index (χ1n) is 10.7. The van der Waals surface area contributed by atoms with Crippen LogP contribution in [0.1, 0.15) is 22.3 Å². The zero-order valence-corrected chi connectivity index (χ0v) is 21.6. The van der Waals surface area contributed by atoms with Crippen molar-refractivity contribution in [2.75, 3.05) is 5.32 Å². The first-order chi connectivity index (χ1) is 16.1. The summed E-state index contributed by atoms with van der Waals surface area (Å²) in [6.07, 6.45) is 0. The number of hydrogen-bond acceptors (Lipinski definition) is 3. The van der Waals surface area contributed by atoms with Crippen molar-refractivity contribution in [3.63, 3.8) is 0 Å². The van der Waals surface area contributed by atoms with E-state index in [1.165, 1.54) is 4.68 Å². The minimum Gasteiger partial charge on any atom is -0.324 e. The Hall–Kier alpha value is -2.93. The highest BCUT2D eigenvalue weighted by Gasteiger charge is 2.19. The lowest BCUT2D eigenvalue weighted by Crippen LogP contribution is -2.21. The number of aromatic nitrogens is 3. The van der Waals surface area contributed by atoms with E-state index in [1.807, 2.05) is 68.7 Å². The fourth-order valence-corrected chi connectivity index (χ4v) is 4.84. The number of nitrogens with one attached hydrogen (secondary N) is 1. The lowest BCUT2D eigenvalue weighted by molar-refractivity contribution is -0.116. The van der Waals surface area contributed by atoms with E-state index < -0.39 is 0 Å². The van der Waals surface area contributed by atoms with E-state index in [9.17, 15) is 4.79 Å². The quantitative estimate of drug-likeness (QED) is 0.287. The first-order valence-corrected chi connectivity index (χ1v) is 11.9. The van der Waals surface area contributed by atoms with Crippen LogP contribution in [0.3, 0.4) is 0 Å². The van der Waals surface area contributed by atoms with E-state index in [0.717, 1.165) is 33.6 Å². The third-order valence-electron chi connectivity index (χ3n) is 5.51. The molecule has 0 bridgehead atoms. The lowest BCUT2D eigenvalue weighted by Gasteiger charge is -2.12. The van der Waals surface area contributed by atoms with Gasteiger partial charge in [-0.1, -0.05) is 53.0 Å². The van der Waals surface area contributed by atoms with Crippen LogP contribution in [0, 0.1) is 32.5 Å². The molecule has 4 rings (SSSR count). The van der Waals surface area contributed by atoms with Crippen LogP contribution < -0.4 is 5.32 Å². The van der Waals surface area contributed by atoms with Gasteiger partial charge in [0.2, 0.25) is 10.7 Å². The molecule has 0 radical (unpaired) electrons. The third-order valence-corrected chi connectivity index (χ3v) is 6.45. The van der Waals surface area contributed by atoms with E-state index in [-0.39, 0.29) is 12.5 Å². The van der Waals surface area contributed by atoms with E-state index in [4.69, 9.17) is 40.5 Å². The highest BCUT2D eigenvalue weighted by molar-refractivity contribution is 7.71. The summed E-state index contributed by atoms with van der Waals surface area (Å²) in [5, 5.41) is 8.70. The molecule has 0 atom stereocenters. The maximum Gasteiger partial charge on any atom is 0.246 e. The van der Waals surface area contributed by atoms with Crippen molar-refractivity contribution >= 4 is 47.0 Å². The Kier molecular flexibility index (Phi) is 6.94. The molecule has 34 heavy (non-hydrogen) atoms. The van der Waals surface area contributed by atoms with Crippen LogP contribution in [0.2, 0.25) is 10.0 Å². The molecule has 0 aliphatic heterocycles. The van der Waals surface area contributed by atoms with Gasteiger partial charge in [-0.25, -0.2) is 4.68 Å². The van der Waals surface area contributed by atoms with Gasteiger partial charge in [0.25, 0.3) is 0 Å². The van der Waals surface area contributed by atoms with E-state index >= 15 is 0 Å². The SMILES string of the molecule is Cc1cccc(-n2c(-c3ccc(Cl)cc3Cl)nn(CC(=O)Nc3c(C)cc(C)cc3C)c2=S)c1. The molecule has 1 amide bonds. The summed E-state index contributed by atoms with van der Waals surface area (Å²) < 4.78 is 3.73. The van der Waals surface area contributed by atoms with Gasteiger partial charge in [-0.2, -0.15) is 5.10 Å². The molecule has 174 valence electrons. The number of benzene rings is 3. The van der Waals surface area contributed by atoms with Crippen LogP contribution in [0.5, 0.6) is 0 Å². The van der Waals surface area contributed by atoms with Gasteiger partial charge in [0, 0.05) is 16.3 Å². The maximum atomic E-state index is 13.0. The van der Waals surface area contributed by atoms with Crippen LogP contribution in [-0.4, -0.2) is 20.3 Å². The highest BCUT2D eigenvalue weighted by atomic mass is 35.5. The molecule has 0 aliphatic rings. The Balaban J connectivity index is 1.77. The van der Waals surface area contributed by atoms with Gasteiger partial charge in [-0.3, -0.25) is 9.36 Å². The molecule has 0 fully saturated rings. The molecule has 3 aromatic carbocycles. The van der Waals surface area contributed by atoms with Crippen molar-refractivity contribution in [1.29, 1.82) is 0 Å². The number of carbonyl (C=O) groups is 1. The van der Waals surface area contributed by atoms with Gasteiger partial charge >= 0.3 is 0 Å². The second-order valence-electron chi connectivity index (χ2n) is 8.38. The van der Waals surface area contributed by atoms with Gasteiger partial charge in [-0.15, -0.1) is 0 Å². The fraction of sp³-hybridized carbons (Fsp3) is 0.192. The Morgan fingerprint density at radius 3 is 2.32 bits per heavy atom. The zero-order chi connectivity index (χ0) is 24.6. The average Bonchev–Trinajstić information content (AvgIpc) is 3.06. The van der Waals surface area contributed by atoms with E-state index in [0.29, 0.717) is 26.2 Å². The summed E-state index contributed by atoms with van der Waals surface area (Å²) in [6, 6.07) is 17.2. The van der Waals surface area contributed by atoms with Crippen LogP contribution >= 0.6 is 35.4 Å². The summed E-state index contributed by atoms with van der Waals surface area (Å²) in [4.78, 5) is 13.0. The summed E-state index contributed by atoms with van der Waals surface area (Å²) in [5.74, 6) is 0.321. The minimum atomic E-state index is -0.214. The highest BCUT2D eigenvalue weighted by Crippen LogP contribution is 2.31. The van der Waals surface area contributed by atoms with E-state index in [1.54, 1.807) is 18.2 Å². The number of amides is 1. The Bertz CT molecular complexity index is 1450. The van der Waals surface area contributed by atoms with Crippen LogP contribution in [-0.2, 0) is 11.3 Å². The minimum absolute atomic E-state index is 0.0391. The summed E-state index contributed by atoms with van der Waals surface area (Å²) in [7, 11) is 0. The van der Waals surface area contributed by atoms with E-state index in [2.05, 4.69) is 5.32 Å². The van der Waals surface area contributed by atoms with Crippen LogP contribution in [0.4, 0.5) is 5.69 Å². The van der Waals surface area contributed by atoms with Crippen LogP contribution in [0.25, 0.3) is 17.1 Å². The number of carbonyl (C=O) groups excluding carboxylic acids is 1. The lowest BCUT2D eigenvalue weighted by atomic mass is 10.1. The number of hydrogen-bond donors (Lipinski definition) is 1. The molecular formula is C26H24Cl2N4OS. The Labute approximate surface area is 214 Å². The van der Waals surface area contributed by atoms with Gasteiger partial charge in [0.15, 0.2) is 5.82 Å². The number of halogens is 2. The van der Waals surface area contributed by atoms with Gasteiger partial charge < -0.3 is 5.32 Å². The molecule has 8 heteroatoms. The van der Waals surface area contributed by atoms with Crippen molar-refractivity contribution in [3.8, 4) is 17.1 Å². The topological polar surface area (TPSA) is 51.9 Å². The average molecular weight is 511 g/mol. The normalized spacial score (nSPS) is 11.0. The van der Waals surface area contributed by atoms with Crippen molar-refractivity contribution in [3.05, 3.63) is 91.7 Å². The molecule has 1 aromatic heterocycles. The summed E-state index contributed by atoms with van der Waals surface area (Å²) in [6.45, 7) is 7.96. The monoisotopic (exact) mass is 510 g/mol. The summed E-state index contributed by atoms with van der Waals surface area (Å²) in [5.41, 5.74) is 6.55. The van der Waals surface area contributed by atoms with Crippen LogP contribution in [0.15, 0.2) is 54.6 Å². The van der Waals surface area contributed by atoms with Gasteiger partial charge in [-0.05, 0) is 86.9 Å². The molecular weight excluding hydrogens is 487 g/mol. The van der Waals surface area contributed by atoms with Gasteiger partial charge in [0.05, 0.1) is 10.7 Å². The largest absolute Gasteiger partial charge is 0.324 e. The second-order valence-corrected chi connectivity index (χ2v) is 9.59. The van der Waals surface area contributed by atoms with Crippen molar-refractivity contribution in [2.24, 2.45) is 0 Å². The number of nitrogens with zero attached hydrogens (tertiary/aromatic N) is 3. The number of rotatable bonds is 5. The summed E-state index contributed by atoms with van der Waals surface area (Å²) >= 11 is 18.4. The van der Waals surface area contributed by atoms with Crippen molar-refractivity contribution < 1.29 is 4.79 Å². The zero-order valence-electron chi connectivity index (χ0n) is 19.3. The maximum absolute atomic E-state index is 13.0. The molecule has 1 heterocycles. The van der Waals surface area contributed by atoms with Crippen molar-refractivity contribution in [1.82, 2.24) is 14.3 Å². The second kappa shape index (κ2) is 9.74. The predicted molar refractivity (Wildman–Crippen MR) is 142 cm³/mol. The smallest absolute Gasteiger partial charge is 0.246 e. The third kappa shape index (κ3) is 4.94. The molecule has 0 unspecified atom stereocenters. The molecule has 5 nitrogen and oxygen atoms in total. The standard InChI is InChI=1S/C26H24Cl2N4OS/c1-15-6-5-7-20(12-15)32-25(21-9-8-19(27)13-22(21)28)30-31(26(32)34)14-23(33)29-24-17(3)10-16(2)11-18(24)4/h5-13H,14H2,1-4H3,(H,29,33). The Morgan fingerprint density at radius 2 is 1.68 bits per heavy atom. The molecule has 0 saturated heterocycles. The molecule has 0 aliphatic carbocycles. The van der Waals surface area contributed by atoms with Crippen molar-refractivity contribution in [2.45, 2.75) is 34.2 Å². The molecule has 4 aromatic rings. The first kappa shape index (κ1) is 24.2. The predicted octanol–water partition coefficient (Wildman–Crippen LogP) is 7.25. The molecule has 0 saturated carbocycles. The number of aryl methyl sites for hydroxylation is 4. The molecule has 0 spiro atoms. The molecule has 1 N–H and O–H groups in total. The fourth-order valence-electron chi connectivity index (χ4n) is 4.05. The Morgan fingerprint density at radius 1 is 0.971 bits per heavy atom.